The number of amides is 1. The van der Waals surface area contributed by atoms with E-state index < -0.39 is 34.9 Å². The molecule has 1 aromatic heterocycles. The predicted molar refractivity (Wildman–Crippen MR) is 85.8 cm³/mol. The number of hydrogen-bond donors (Lipinski definition) is 1. The Balaban J connectivity index is 2.09. The Morgan fingerprint density at radius 3 is 2.84 bits per heavy atom. The second-order valence-corrected chi connectivity index (χ2v) is 6.95. The molecule has 1 aromatic rings. The van der Waals surface area contributed by atoms with Crippen LogP contribution in [0.3, 0.4) is 0 Å². The summed E-state index contributed by atoms with van der Waals surface area (Å²) in [4.78, 5) is 22.4. The average Bonchev–Trinajstić information content (AvgIpc) is 2.75. The quantitative estimate of drug-likeness (QED) is 0.656. The first-order chi connectivity index (χ1) is 11.6. The van der Waals surface area contributed by atoms with E-state index in [1.807, 2.05) is 0 Å². The third kappa shape index (κ3) is 4.88. The Morgan fingerprint density at radius 1 is 1.56 bits per heavy atom. The summed E-state index contributed by atoms with van der Waals surface area (Å²) in [5, 5.41) is 17.5. The molecule has 0 aliphatic carbocycles. The molecule has 1 N–H and O–H groups in total. The number of hydrogen-bond acceptors (Lipinski definition) is 6. The van der Waals surface area contributed by atoms with Gasteiger partial charge in [-0.2, -0.15) is 5.10 Å². The molecule has 0 spiro atoms. The Kier molecular flexibility index (Phi) is 5.61. The van der Waals surface area contributed by atoms with Crippen molar-refractivity contribution >= 4 is 11.8 Å². The highest BCUT2D eigenvalue weighted by Crippen LogP contribution is 2.34. The maximum atomic E-state index is 14.7. The Bertz CT molecular complexity index is 642. The van der Waals surface area contributed by atoms with E-state index in [9.17, 15) is 19.3 Å². The number of aromatic nitrogens is 2. The Labute approximate surface area is 144 Å². The molecule has 9 nitrogen and oxygen atoms in total. The van der Waals surface area contributed by atoms with Crippen molar-refractivity contribution in [1.29, 1.82) is 0 Å². The van der Waals surface area contributed by atoms with Crippen molar-refractivity contribution in [2.45, 2.75) is 57.5 Å². The molecule has 0 saturated carbocycles. The number of nitro groups is 1. The number of nitrogens with one attached hydrogen (secondary N) is 1. The molecule has 1 saturated heterocycles. The summed E-state index contributed by atoms with van der Waals surface area (Å²) in [6, 6.07) is -0.785. The van der Waals surface area contributed by atoms with Crippen LogP contribution < -0.4 is 5.32 Å². The van der Waals surface area contributed by atoms with Gasteiger partial charge in [-0.15, -0.1) is 0 Å². The van der Waals surface area contributed by atoms with E-state index in [0.717, 1.165) is 6.20 Å². The first kappa shape index (κ1) is 19.1. The summed E-state index contributed by atoms with van der Waals surface area (Å²) in [7, 11) is 1.54. The van der Waals surface area contributed by atoms with Gasteiger partial charge >= 0.3 is 11.8 Å². The maximum Gasteiger partial charge on any atom is 0.407 e. The van der Waals surface area contributed by atoms with Crippen LogP contribution >= 0.6 is 0 Å². The van der Waals surface area contributed by atoms with Gasteiger partial charge in [0.2, 0.25) is 0 Å². The lowest BCUT2D eigenvalue weighted by atomic mass is 10.0. The number of halogens is 1. The summed E-state index contributed by atoms with van der Waals surface area (Å²) in [6.45, 7) is 5.29. The second kappa shape index (κ2) is 7.34. The van der Waals surface area contributed by atoms with Crippen molar-refractivity contribution in [1.82, 2.24) is 15.1 Å². The second-order valence-electron chi connectivity index (χ2n) is 6.95. The molecule has 0 aromatic carbocycles. The van der Waals surface area contributed by atoms with Crippen molar-refractivity contribution in [2.75, 3.05) is 6.61 Å². The van der Waals surface area contributed by atoms with Crippen molar-refractivity contribution in [3.8, 4) is 0 Å². The van der Waals surface area contributed by atoms with E-state index in [1.165, 1.54) is 4.68 Å². The van der Waals surface area contributed by atoms with Gasteiger partial charge in [-0.3, -0.25) is 14.8 Å². The molecule has 25 heavy (non-hydrogen) atoms. The third-order valence-corrected chi connectivity index (χ3v) is 3.79. The fourth-order valence-electron chi connectivity index (χ4n) is 2.72. The lowest BCUT2D eigenvalue weighted by Gasteiger charge is -2.24. The van der Waals surface area contributed by atoms with E-state index in [0.29, 0.717) is 0 Å². The Hall–Kier alpha value is -2.23. The number of alkyl carbamates (subject to hydrolysis) is 1. The number of carbonyl (C=O) groups is 1. The molecular weight excluding hydrogens is 335 g/mol. The lowest BCUT2D eigenvalue weighted by molar-refractivity contribution is -0.386. The minimum absolute atomic E-state index is 0.124. The standard InChI is InChI=1S/C15H23FN4O5/c1-15(2,3)25-14(21)18-10-5-6-24-12(7-9(10)16)13-11(20(22)23)8-17-19(13)4/h8-10,12H,5-7H2,1-4H3,(H,18,21). The molecule has 10 heteroatoms. The van der Waals surface area contributed by atoms with Gasteiger partial charge in [0.1, 0.15) is 29.8 Å². The maximum absolute atomic E-state index is 14.7. The minimum atomic E-state index is -1.44. The normalized spacial score (nSPS) is 24.4. The van der Waals surface area contributed by atoms with Gasteiger partial charge in [-0.05, 0) is 27.2 Å². The van der Waals surface area contributed by atoms with E-state index in [1.54, 1.807) is 27.8 Å². The van der Waals surface area contributed by atoms with Crippen molar-refractivity contribution in [3.63, 3.8) is 0 Å². The monoisotopic (exact) mass is 358 g/mol. The van der Waals surface area contributed by atoms with Crippen molar-refractivity contribution in [3.05, 3.63) is 22.0 Å². The molecule has 1 aliphatic rings. The molecule has 0 bridgehead atoms. The van der Waals surface area contributed by atoms with Crippen LogP contribution in [0.5, 0.6) is 0 Å². The van der Waals surface area contributed by atoms with Gasteiger partial charge in [0, 0.05) is 20.1 Å². The van der Waals surface area contributed by atoms with Gasteiger partial charge in [-0.25, -0.2) is 9.18 Å². The van der Waals surface area contributed by atoms with Crippen LogP contribution in [0.25, 0.3) is 0 Å². The molecule has 3 unspecified atom stereocenters. The fourth-order valence-corrected chi connectivity index (χ4v) is 2.72. The highest BCUT2D eigenvalue weighted by molar-refractivity contribution is 5.68. The Morgan fingerprint density at radius 2 is 2.24 bits per heavy atom. The third-order valence-electron chi connectivity index (χ3n) is 3.79. The summed E-state index contributed by atoms with van der Waals surface area (Å²) in [6.07, 6.45) is -1.72. The number of nitrogens with zero attached hydrogens (tertiary/aromatic N) is 3. The highest BCUT2D eigenvalue weighted by Gasteiger charge is 2.36. The summed E-state index contributed by atoms with van der Waals surface area (Å²) in [5.74, 6) is 0. The van der Waals surface area contributed by atoms with E-state index in [2.05, 4.69) is 10.4 Å². The topological polar surface area (TPSA) is 109 Å². The highest BCUT2D eigenvalue weighted by atomic mass is 19.1. The first-order valence-corrected chi connectivity index (χ1v) is 8.00. The molecule has 2 rings (SSSR count). The molecule has 1 amide bonds. The predicted octanol–water partition coefficient (Wildman–Crippen LogP) is 2.41. The van der Waals surface area contributed by atoms with E-state index in [-0.39, 0.29) is 30.8 Å². The number of aryl methyl sites for hydroxylation is 1. The molecule has 0 radical (unpaired) electrons. The SMILES string of the molecule is Cn1ncc([N+](=O)[O-])c1C1CC(F)C(NC(=O)OC(C)(C)C)CCO1. The average molecular weight is 358 g/mol. The summed E-state index contributed by atoms with van der Waals surface area (Å²) < 4.78 is 26.7. The van der Waals surface area contributed by atoms with Crippen LogP contribution in [-0.2, 0) is 16.5 Å². The van der Waals surface area contributed by atoms with Crippen LogP contribution in [0.15, 0.2) is 6.20 Å². The smallest absolute Gasteiger partial charge is 0.407 e. The largest absolute Gasteiger partial charge is 0.444 e. The van der Waals surface area contributed by atoms with E-state index >= 15 is 0 Å². The zero-order valence-electron chi connectivity index (χ0n) is 14.7. The van der Waals surface area contributed by atoms with Crippen LogP contribution in [0.2, 0.25) is 0 Å². The molecule has 1 aliphatic heterocycles. The number of rotatable bonds is 3. The zero-order chi connectivity index (χ0) is 18.8. The minimum Gasteiger partial charge on any atom is -0.444 e. The number of alkyl halides is 1. The van der Waals surface area contributed by atoms with Crippen molar-refractivity contribution < 1.29 is 23.6 Å². The molecule has 3 atom stereocenters. The van der Waals surface area contributed by atoms with Crippen LogP contribution in [0.4, 0.5) is 14.9 Å². The first-order valence-electron chi connectivity index (χ1n) is 8.00. The summed E-state index contributed by atoms with van der Waals surface area (Å²) in [5.41, 5.74) is -0.682. The van der Waals surface area contributed by atoms with Crippen molar-refractivity contribution in [2.24, 2.45) is 7.05 Å². The van der Waals surface area contributed by atoms with Gasteiger partial charge in [0.15, 0.2) is 0 Å². The van der Waals surface area contributed by atoms with Gasteiger partial charge in [0.25, 0.3) is 0 Å². The summed E-state index contributed by atoms with van der Waals surface area (Å²) >= 11 is 0. The molecule has 2 heterocycles. The fraction of sp³-hybridized carbons (Fsp3) is 0.733. The van der Waals surface area contributed by atoms with Gasteiger partial charge < -0.3 is 14.8 Å². The molecular formula is C15H23FN4O5. The van der Waals surface area contributed by atoms with Crippen LogP contribution in [0, 0.1) is 10.1 Å². The number of carbonyl (C=O) groups excluding carboxylic acids is 1. The van der Waals surface area contributed by atoms with Crippen LogP contribution in [-0.4, -0.2) is 45.2 Å². The zero-order valence-corrected chi connectivity index (χ0v) is 14.7. The van der Waals surface area contributed by atoms with Gasteiger partial charge in [-0.1, -0.05) is 0 Å². The van der Waals surface area contributed by atoms with E-state index in [4.69, 9.17) is 9.47 Å². The van der Waals surface area contributed by atoms with Crippen LogP contribution in [0.1, 0.15) is 45.4 Å². The lowest BCUT2D eigenvalue weighted by Crippen LogP contribution is -2.44. The molecule has 140 valence electrons. The van der Waals surface area contributed by atoms with Gasteiger partial charge in [0.05, 0.1) is 11.0 Å². The number of ether oxygens (including phenoxy) is 2. The molecule has 1 fully saturated rings.